The van der Waals surface area contributed by atoms with Crippen LogP contribution in [0, 0.1) is 5.41 Å². The van der Waals surface area contributed by atoms with E-state index >= 15 is 0 Å². The summed E-state index contributed by atoms with van der Waals surface area (Å²) in [6.45, 7) is 3.78. The molecular formula is C12H22N4O2. The molecule has 1 aliphatic heterocycles. The molecule has 1 amide bonds. The van der Waals surface area contributed by atoms with Crippen molar-refractivity contribution in [1.82, 2.24) is 10.2 Å². The van der Waals surface area contributed by atoms with Gasteiger partial charge in [0.05, 0.1) is 0 Å². The molecule has 0 bridgehead atoms. The molecule has 2 fully saturated rings. The SMILES string of the molecule is NC(=NO)C1(C(=O)NCCN2CCCCC2)CC1. The molecule has 102 valence electrons. The van der Waals surface area contributed by atoms with E-state index in [4.69, 9.17) is 10.9 Å². The fourth-order valence-corrected chi connectivity index (χ4v) is 2.50. The maximum absolute atomic E-state index is 12.0. The number of nitrogens with zero attached hydrogens (tertiary/aromatic N) is 2. The van der Waals surface area contributed by atoms with Crippen LogP contribution in [0.5, 0.6) is 0 Å². The van der Waals surface area contributed by atoms with E-state index in [-0.39, 0.29) is 11.7 Å². The fraction of sp³-hybridized carbons (Fsp3) is 0.833. The Labute approximate surface area is 107 Å². The molecule has 1 aliphatic carbocycles. The molecule has 2 aliphatic rings. The second kappa shape index (κ2) is 5.56. The second-order valence-electron chi connectivity index (χ2n) is 5.23. The van der Waals surface area contributed by atoms with Crippen LogP contribution < -0.4 is 11.1 Å². The Morgan fingerprint density at radius 3 is 2.56 bits per heavy atom. The van der Waals surface area contributed by atoms with Gasteiger partial charge in [0, 0.05) is 13.1 Å². The van der Waals surface area contributed by atoms with Gasteiger partial charge in [0.25, 0.3) is 0 Å². The van der Waals surface area contributed by atoms with Crippen molar-refractivity contribution in [3.63, 3.8) is 0 Å². The van der Waals surface area contributed by atoms with Crippen molar-refractivity contribution in [2.45, 2.75) is 32.1 Å². The van der Waals surface area contributed by atoms with Gasteiger partial charge in [-0.2, -0.15) is 0 Å². The van der Waals surface area contributed by atoms with Gasteiger partial charge in [-0.15, -0.1) is 0 Å². The number of hydrogen-bond donors (Lipinski definition) is 3. The van der Waals surface area contributed by atoms with Crippen LogP contribution in [0.2, 0.25) is 0 Å². The van der Waals surface area contributed by atoms with E-state index in [1.54, 1.807) is 0 Å². The Morgan fingerprint density at radius 2 is 2.00 bits per heavy atom. The molecule has 0 aromatic rings. The smallest absolute Gasteiger partial charge is 0.234 e. The summed E-state index contributed by atoms with van der Waals surface area (Å²) in [5.41, 5.74) is 4.83. The number of amidine groups is 1. The molecule has 1 saturated heterocycles. The van der Waals surface area contributed by atoms with E-state index in [0.29, 0.717) is 19.4 Å². The summed E-state index contributed by atoms with van der Waals surface area (Å²) in [7, 11) is 0. The summed E-state index contributed by atoms with van der Waals surface area (Å²) in [6, 6.07) is 0. The number of hydrogen-bond acceptors (Lipinski definition) is 4. The highest BCUT2D eigenvalue weighted by atomic mass is 16.4. The first-order valence-corrected chi connectivity index (χ1v) is 6.68. The van der Waals surface area contributed by atoms with Crippen LogP contribution in [0.3, 0.4) is 0 Å². The molecule has 1 heterocycles. The quantitative estimate of drug-likeness (QED) is 0.281. The maximum Gasteiger partial charge on any atom is 0.234 e. The van der Waals surface area contributed by atoms with E-state index in [2.05, 4.69) is 15.4 Å². The zero-order valence-electron chi connectivity index (χ0n) is 10.7. The molecule has 0 aromatic carbocycles. The van der Waals surface area contributed by atoms with Crippen molar-refractivity contribution >= 4 is 11.7 Å². The Balaban J connectivity index is 1.72. The Morgan fingerprint density at radius 1 is 1.33 bits per heavy atom. The lowest BCUT2D eigenvalue weighted by molar-refractivity contribution is -0.124. The largest absolute Gasteiger partial charge is 0.409 e. The molecular weight excluding hydrogens is 232 g/mol. The van der Waals surface area contributed by atoms with Crippen LogP contribution in [0.25, 0.3) is 0 Å². The van der Waals surface area contributed by atoms with Crippen molar-refractivity contribution in [3.8, 4) is 0 Å². The lowest BCUT2D eigenvalue weighted by Crippen LogP contribution is -2.44. The molecule has 2 rings (SSSR count). The lowest BCUT2D eigenvalue weighted by atomic mass is 10.1. The topological polar surface area (TPSA) is 91.0 Å². The average molecular weight is 254 g/mol. The van der Waals surface area contributed by atoms with Crippen LogP contribution in [0.15, 0.2) is 5.16 Å². The fourth-order valence-electron chi connectivity index (χ4n) is 2.50. The normalized spacial score (nSPS) is 23.7. The van der Waals surface area contributed by atoms with Gasteiger partial charge in [0.1, 0.15) is 5.41 Å². The summed E-state index contributed by atoms with van der Waals surface area (Å²) in [6.07, 6.45) is 5.18. The van der Waals surface area contributed by atoms with E-state index in [9.17, 15) is 4.79 Å². The number of oxime groups is 1. The Hall–Kier alpha value is -1.30. The number of nitrogens with two attached hydrogens (primary N) is 1. The number of piperidine rings is 1. The first kappa shape index (κ1) is 13.1. The third kappa shape index (κ3) is 2.75. The molecule has 6 heteroatoms. The Bertz CT molecular complexity index is 333. The number of amides is 1. The third-order valence-electron chi connectivity index (χ3n) is 3.94. The van der Waals surface area contributed by atoms with Crippen LogP contribution in [-0.2, 0) is 4.79 Å². The number of carbonyl (C=O) groups excluding carboxylic acids is 1. The van der Waals surface area contributed by atoms with Crippen molar-refractivity contribution in [2.24, 2.45) is 16.3 Å². The van der Waals surface area contributed by atoms with Gasteiger partial charge < -0.3 is 21.2 Å². The van der Waals surface area contributed by atoms with Gasteiger partial charge in [0.2, 0.25) is 5.91 Å². The zero-order chi connectivity index (χ0) is 13.0. The van der Waals surface area contributed by atoms with Crippen LogP contribution in [0.1, 0.15) is 32.1 Å². The summed E-state index contributed by atoms with van der Waals surface area (Å²) in [5.74, 6) is -0.0622. The van der Waals surface area contributed by atoms with E-state index < -0.39 is 5.41 Å². The van der Waals surface area contributed by atoms with Crippen molar-refractivity contribution in [1.29, 1.82) is 0 Å². The third-order valence-corrected chi connectivity index (χ3v) is 3.94. The standard InChI is InChI=1S/C12H22N4O2/c13-10(15-18)12(4-5-12)11(17)14-6-9-16-7-2-1-3-8-16/h18H,1-9H2,(H2,13,15)(H,14,17). The highest BCUT2D eigenvalue weighted by Crippen LogP contribution is 2.45. The lowest BCUT2D eigenvalue weighted by Gasteiger charge is -2.26. The predicted molar refractivity (Wildman–Crippen MR) is 68.4 cm³/mol. The van der Waals surface area contributed by atoms with E-state index in [1.807, 2.05) is 0 Å². The van der Waals surface area contributed by atoms with Crippen molar-refractivity contribution in [2.75, 3.05) is 26.2 Å². The highest BCUT2D eigenvalue weighted by molar-refractivity contribution is 6.09. The number of carbonyl (C=O) groups is 1. The van der Waals surface area contributed by atoms with Gasteiger partial charge in [-0.1, -0.05) is 11.6 Å². The molecule has 0 atom stereocenters. The molecule has 18 heavy (non-hydrogen) atoms. The first-order valence-electron chi connectivity index (χ1n) is 6.68. The van der Waals surface area contributed by atoms with Crippen LogP contribution in [-0.4, -0.2) is 48.0 Å². The molecule has 0 aromatic heterocycles. The van der Waals surface area contributed by atoms with Gasteiger partial charge in [0.15, 0.2) is 5.84 Å². The second-order valence-corrected chi connectivity index (χ2v) is 5.23. The van der Waals surface area contributed by atoms with Crippen LogP contribution in [0.4, 0.5) is 0 Å². The Kier molecular flexibility index (Phi) is 4.06. The van der Waals surface area contributed by atoms with E-state index in [0.717, 1.165) is 19.6 Å². The minimum Gasteiger partial charge on any atom is -0.409 e. The summed E-state index contributed by atoms with van der Waals surface area (Å²) < 4.78 is 0. The zero-order valence-corrected chi connectivity index (χ0v) is 10.7. The summed E-state index contributed by atoms with van der Waals surface area (Å²) in [5, 5.41) is 14.5. The molecule has 1 saturated carbocycles. The number of nitrogens with one attached hydrogen (secondary N) is 1. The van der Waals surface area contributed by atoms with Gasteiger partial charge in [-0.3, -0.25) is 4.79 Å². The molecule has 0 radical (unpaired) electrons. The monoisotopic (exact) mass is 254 g/mol. The summed E-state index contributed by atoms with van der Waals surface area (Å²) >= 11 is 0. The van der Waals surface area contributed by atoms with Crippen molar-refractivity contribution < 1.29 is 10.0 Å². The first-order chi connectivity index (χ1) is 8.69. The molecule has 0 spiro atoms. The van der Waals surface area contributed by atoms with E-state index in [1.165, 1.54) is 19.3 Å². The number of rotatable bonds is 5. The minimum atomic E-state index is -0.726. The maximum atomic E-state index is 12.0. The van der Waals surface area contributed by atoms with Gasteiger partial charge in [-0.05, 0) is 38.8 Å². The number of likely N-dealkylation sites (tertiary alicyclic amines) is 1. The van der Waals surface area contributed by atoms with Crippen LogP contribution >= 0.6 is 0 Å². The highest BCUT2D eigenvalue weighted by Gasteiger charge is 2.54. The predicted octanol–water partition coefficient (Wildman–Crippen LogP) is 0.115. The molecule has 4 N–H and O–H groups in total. The van der Waals surface area contributed by atoms with Gasteiger partial charge in [-0.25, -0.2) is 0 Å². The summed E-state index contributed by atoms with van der Waals surface area (Å²) in [4.78, 5) is 14.3. The molecule has 0 unspecified atom stereocenters. The van der Waals surface area contributed by atoms with Crippen molar-refractivity contribution in [3.05, 3.63) is 0 Å². The van der Waals surface area contributed by atoms with Gasteiger partial charge >= 0.3 is 0 Å². The average Bonchev–Trinajstić information content (AvgIpc) is 3.20. The molecule has 6 nitrogen and oxygen atoms in total. The minimum absolute atomic E-state index is 0.0398.